The van der Waals surface area contributed by atoms with Gasteiger partial charge < -0.3 is 18.9 Å². The van der Waals surface area contributed by atoms with Crippen molar-refractivity contribution in [3.8, 4) is 28.7 Å². The Kier molecular flexibility index (Phi) is 7.59. The van der Waals surface area contributed by atoms with Crippen LogP contribution in [0.15, 0.2) is 76.7 Å². The first kappa shape index (κ1) is 23.5. The molecule has 0 fully saturated rings. The number of thioether (sulfide) groups is 1. The molecule has 7 nitrogen and oxygen atoms in total. The largest absolute Gasteiger partial charge is 0.497 e. The van der Waals surface area contributed by atoms with Gasteiger partial charge in [0, 0.05) is 11.8 Å². The molecular formula is C26H26N2O5S. The Bertz CT molecular complexity index is 1320. The maximum atomic E-state index is 13.4. The summed E-state index contributed by atoms with van der Waals surface area (Å²) in [6, 6.07) is 20.3. The zero-order chi connectivity index (χ0) is 23.9. The average molecular weight is 479 g/mol. The van der Waals surface area contributed by atoms with Crippen LogP contribution in [0.4, 0.5) is 0 Å². The van der Waals surface area contributed by atoms with Crippen LogP contribution in [0.3, 0.4) is 0 Å². The highest BCUT2D eigenvalue weighted by molar-refractivity contribution is 7.99. The molecule has 0 radical (unpaired) electrons. The van der Waals surface area contributed by atoms with Gasteiger partial charge in [0.1, 0.15) is 11.5 Å². The number of benzene rings is 3. The minimum atomic E-state index is -0.130. The first-order valence-corrected chi connectivity index (χ1v) is 11.8. The molecule has 0 atom stereocenters. The number of ether oxygens (including phenoxy) is 4. The minimum Gasteiger partial charge on any atom is -0.497 e. The predicted octanol–water partition coefficient (Wildman–Crippen LogP) is 4.97. The number of nitrogens with zero attached hydrogens (tertiary/aromatic N) is 2. The summed E-state index contributed by atoms with van der Waals surface area (Å²) in [7, 11) is 4.79. The molecule has 8 heteroatoms. The summed E-state index contributed by atoms with van der Waals surface area (Å²) in [6.45, 7) is 0.549. The van der Waals surface area contributed by atoms with Crippen molar-refractivity contribution in [1.82, 2.24) is 9.55 Å². The van der Waals surface area contributed by atoms with E-state index in [9.17, 15) is 4.79 Å². The topological polar surface area (TPSA) is 71.8 Å². The fraction of sp³-hybridized carbons (Fsp3) is 0.231. The van der Waals surface area contributed by atoms with Gasteiger partial charge in [-0.15, -0.1) is 0 Å². The van der Waals surface area contributed by atoms with Crippen LogP contribution in [0, 0.1) is 0 Å². The molecule has 0 amide bonds. The third-order valence-electron chi connectivity index (χ3n) is 5.22. The SMILES string of the molecule is COc1ccc(OCCCSc2nc3ccccc3c(=O)n2-c2ccc(OC)c(OC)c2)cc1. The standard InChI is InChI=1S/C26H26N2O5S/c1-30-19-10-12-20(13-11-19)33-15-6-16-34-26-27-22-8-5-4-7-21(22)25(29)28(26)18-9-14-23(31-2)24(17-18)32-3/h4-5,7-14,17H,6,15-16H2,1-3H3. The highest BCUT2D eigenvalue weighted by Gasteiger charge is 2.15. The summed E-state index contributed by atoms with van der Waals surface area (Å²) < 4.78 is 23.4. The maximum Gasteiger partial charge on any atom is 0.266 e. The summed E-state index contributed by atoms with van der Waals surface area (Å²) in [5.74, 6) is 3.45. The third kappa shape index (κ3) is 5.12. The van der Waals surface area contributed by atoms with E-state index in [1.807, 2.05) is 48.5 Å². The van der Waals surface area contributed by atoms with Crippen molar-refractivity contribution in [2.75, 3.05) is 33.7 Å². The van der Waals surface area contributed by atoms with E-state index in [1.165, 1.54) is 11.8 Å². The Hall–Kier alpha value is -3.65. The zero-order valence-corrected chi connectivity index (χ0v) is 20.1. The van der Waals surface area contributed by atoms with Crippen molar-refractivity contribution in [2.45, 2.75) is 11.6 Å². The van der Waals surface area contributed by atoms with Gasteiger partial charge >= 0.3 is 0 Å². The second-order valence-corrected chi connectivity index (χ2v) is 8.38. The first-order chi connectivity index (χ1) is 16.6. The van der Waals surface area contributed by atoms with Gasteiger partial charge in [0.25, 0.3) is 5.56 Å². The van der Waals surface area contributed by atoms with Crippen molar-refractivity contribution in [2.24, 2.45) is 0 Å². The average Bonchev–Trinajstić information content (AvgIpc) is 2.88. The van der Waals surface area contributed by atoms with E-state index in [-0.39, 0.29) is 5.56 Å². The van der Waals surface area contributed by atoms with E-state index >= 15 is 0 Å². The molecule has 0 unspecified atom stereocenters. The number of aromatic nitrogens is 2. The van der Waals surface area contributed by atoms with E-state index in [0.717, 1.165) is 23.7 Å². The monoisotopic (exact) mass is 478 g/mol. The normalized spacial score (nSPS) is 10.8. The number of rotatable bonds is 10. The smallest absolute Gasteiger partial charge is 0.266 e. The molecule has 0 aliphatic rings. The van der Waals surface area contributed by atoms with Gasteiger partial charge in [-0.05, 0) is 55.0 Å². The number of methoxy groups -OCH3 is 3. The Morgan fingerprint density at radius 2 is 1.59 bits per heavy atom. The van der Waals surface area contributed by atoms with Crippen molar-refractivity contribution in [3.05, 3.63) is 77.1 Å². The van der Waals surface area contributed by atoms with Crippen LogP contribution >= 0.6 is 11.8 Å². The first-order valence-electron chi connectivity index (χ1n) is 10.8. The summed E-state index contributed by atoms with van der Waals surface area (Å²) in [4.78, 5) is 18.2. The van der Waals surface area contributed by atoms with Gasteiger partial charge in [0.05, 0.1) is 44.5 Å². The number of hydrogen-bond acceptors (Lipinski definition) is 7. The van der Waals surface area contributed by atoms with Gasteiger partial charge in [-0.1, -0.05) is 23.9 Å². The van der Waals surface area contributed by atoms with Gasteiger partial charge in [-0.25, -0.2) is 4.98 Å². The molecule has 0 bridgehead atoms. The predicted molar refractivity (Wildman–Crippen MR) is 134 cm³/mol. The molecule has 4 aromatic rings. The van der Waals surface area contributed by atoms with Crippen LogP contribution in [0.2, 0.25) is 0 Å². The molecule has 0 aliphatic heterocycles. The molecular weight excluding hydrogens is 452 g/mol. The second kappa shape index (κ2) is 11.0. The summed E-state index contributed by atoms with van der Waals surface area (Å²) in [6.07, 6.45) is 0.783. The summed E-state index contributed by atoms with van der Waals surface area (Å²) in [5, 5.41) is 1.17. The fourth-order valence-electron chi connectivity index (χ4n) is 3.49. The minimum absolute atomic E-state index is 0.130. The fourth-order valence-corrected chi connectivity index (χ4v) is 4.41. The number of fused-ring (bicyclic) bond motifs is 1. The van der Waals surface area contributed by atoms with E-state index in [1.54, 1.807) is 44.1 Å². The molecule has 34 heavy (non-hydrogen) atoms. The Morgan fingerprint density at radius 3 is 2.32 bits per heavy atom. The van der Waals surface area contributed by atoms with Crippen LogP contribution in [-0.4, -0.2) is 43.2 Å². The van der Waals surface area contributed by atoms with Gasteiger partial charge in [-0.3, -0.25) is 9.36 Å². The molecule has 1 aromatic heterocycles. The molecule has 176 valence electrons. The lowest BCUT2D eigenvalue weighted by Crippen LogP contribution is -2.22. The van der Waals surface area contributed by atoms with E-state index < -0.39 is 0 Å². The van der Waals surface area contributed by atoms with Gasteiger partial charge in [-0.2, -0.15) is 0 Å². The van der Waals surface area contributed by atoms with Crippen LogP contribution in [-0.2, 0) is 0 Å². The van der Waals surface area contributed by atoms with E-state index in [2.05, 4.69) is 0 Å². The van der Waals surface area contributed by atoms with Crippen LogP contribution < -0.4 is 24.5 Å². The van der Waals surface area contributed by atoms with Crippen molar-refractivity contribution < 1.29 is 18.9 Å². The van der Waals surface area contributed by atoms with Crippen molar-refractivity contribution >= 4 is 22.7 Å². The second-order valence-electron chi connectivity index (χ2n) is 7.32. The Labute approximate surface area is 202 Å². The molecule has 0 saturated heterocycles. The van der Waals surface area contributed by atoms with E-state index in [0.29, 0.717) is 39.9 Å². The molecule has 3 aromatic carbocycles. The summed E-state index contributed by atoms with van der Waals surface area (Å²) in [5.41, 5.74) is 1.20. The maximum absolute atomic E-state index is 13.4. The molecule has 0 aliphatic carbocycles. The van der Waals surface area contributed by atoms with Gasteiger partial charge in [0.2, 0.25) is 0 Å². The Morgan fingerprint density at radius 1 is 0.853 bits per heavy atom. The van der Waals surface area contributed by atoms with E-state index in [4.69, 9.17) is 23.9 Å². The van der Waals surface area contributed by atoms with Gasteiger partial charge in [0.15, 0.2) is 16.7 Å². The lowest BCUT2D eigenvalue weighted by Gasteiger charge is -2.15. The molecule has 0 saturated carbocycles. The Balaban J connectivity index is 1.56. The van der Waals surface area contributed by atoms with Crippen LogP contribution in [0.5, 0.6) is 23.0 Å². The molecule has 1 heterocycles. The van der Waals surface area contributed by atoms with Crippen molar-refractivity contribution in [1.29, 1.82) is 0 Å². The highest BCUT2D eigenvalue weighted by atomic mass is 32.2. The number of para-hydroxylation sites is 1. The highest BCUT2D eigenvalue weighted by Crippen LogP contribution is 2.30. The van der Waals surface area contributed by atoms with Crippen molar-refractivity contribution in [3.63, 3.8) is 0 Å². The quantitative estimate of drug-likeness (QED) is 0.181. The third-order valence-corrected chi connectivity index (χ3v) is 6.24. The summed E-state index contributed by atoms with van der Waals surface area (Å²) >= 11 is 1.52. The zero-order valence-electron chi connectivity index (χ0n) is 19.3. The lowest BCUT2D eigenvalue weighted by atomic mass is 10.2. The molecule has 0 spiro atoms. The lowest BCUT2D eigenvalue weighted by molar-refractivity contribution is 0.318. The molecule has 0 N–H and O–H groups in total. The molecule has 4 rings (SSSR count). The number of hydrogen-bond donors (Lipinski definition) is 0. The van der Waals surface area contributed by atoms with Crippen LogP contribution in [0.1, 0.15) is 6.42 Å². The van der Waals surface area contributed by atoms with Crippen LogP contribution in [0.25, 0.3) is 16.6 Å².